The van der Waals surface area contributed by atoms with Gasteiger partial charge >= 0.3 is 5.97 Å². The Kier molecular flexibility index (Phi) is 4.31. The van der Waals surface area contributed by atoms with Gasteiger partial charge in [-0.2, -0.15) is 0 Å². The molecule has 0 fully saturated rings. The Morgan fingerprint density at radius 1 is 1.50 bits per heavy atom. The van der Waals surface area contributed by atoms with E-state index in [1.165, 1.54) is 0 Å². The third-order valence-electron chi connectivity index (χ3n) is 2.99. The van der Waals surface area contributed by atoms with Crippen molar-refractivity contribution >= 4 is 23.1 Å². The molecular weight excluding hydrogens is 252 g/mol. The fraction of sp³-hybridized carbons (Fsp3) is 0.462. The molecule has 18 heavy (non-hydrogen) atoms. The van der Waals surface area contributed by atoms with Crippen LogP contribution in [0.1, 0.15) is 31.9 Å². The summed E-state index contributed by atoms with van der Waals surface area (Å²) in [6.45, 7) is 2.26. The maximum absolute atomic E-state index is 11.6. The minimum absolute atomic E-state index is 0.0195. The standard InChI is InChI=1S/C13H15ClN2O2/c1-2-18-13(17)10-5-3-9(4-6-10)11-7-8-12(14)16-15-11/h3,7-8,10H,2,4-6H2,1H3. The Labute approximate surface area is 111 Å². The molecule has 5 heteroatoms. The largest absolute Gasteiger partial charge is 0.466 e. The maximum atomic E-state index is 11.6. The highest BCUT2D eigenvalue weighted by atomic mass is 35.5. The van der Waals surface area contributed by atoms with Crippen molar-refractivity contribution in [2.75, 3.05) is 6.61 Å². The molecule has 1 aromatic heterocycles. The van der Waals surface area contributed by atoms with E-state index in [4.69, 9.17) is 16.3 Å². The number of hydrogen-bond donors (Lipinski definition) is 0. The molecule has 1 heterocycles. The van der Waals surface area contributed by atoms with E-state index in [1.807, 2.05) is 19.1 Å². The molecule has 1 atom stereocenters. The van der Waals surface area contributed by atoms with Crippen LogP contribution in [-0.4, -0.2) is 22.8 Å². The zero-order valence-corrected chi connectivity index (χ0v) is 11.0. The average molecular weight is 267 g/mol. The van der Waals surface area contributed by atoms with Crippen molar-refractivity contribution in [3.05, 3.63) is 29.1 Å². The molecule has 1 unspecified atom stereocenters. The minimum atomic E-state index is -0.102. The zero-order valence-electron chi connectivity index (χ0n) is 10.2. The molecule has 0 N–H and O–H groups in total. The lowest BCUT2D eigenvalue weighted by Crippen LogP contribution is -2.19. The van der Waals surface area contributed by atoms with Crippen molar-refractivity contribution in [3.8, 4) is 0 Å². The van der Waals surface area contributed by atoms with Crippen LogP contribution in [0.25, 0.3) is 5.57 Å². The summed E-state index contributed by atoms with van der Waals surface area (Å²) in [7, 11) is 0. The van der Waals surface area contributed by atoms with Crippen molar-refractivity contribution in [2.45, 2.75) is 26.2 Å². The number of hydrogen-bond acceptors (Lipinski definition) is 4. The number of rotatable bonds is 3. The number of nitrogens with zero attached hydrogens (tertiary/aromatic N) is 2. The third-order valence-corrected chi connectivity index (χ3v) is 3.19. The molecule has 0 aliphatic heterocycles. The van der Waals surface area contributed by atoms with E-state index in [0.29, 0.717) is 18.2 Å². The highest BCUT2D eigenvalue weighted by Gasteiger charge is 2.23. The Balaban J connectivity index is 2.02. The Hall–Kier alpha value is -1.42. The number of carbonyl (C=O) groups excluding carboxylic acids is 1. The predicted molar refractivity (Wildman–Crippen MR) is 69.0 cm³/mol. The van der Waals surface area contributed by atoms with Crippen molar-refractivity contribution < 1.29 is 9.53 Å². The summed E-state index contributed by atoms with van der Waals surface area (Å²) in [6, 6.07) is 3.58. The first kappa shape index (κ1) is 13.0. The molecule has 0 saturated heterocycles. The molecule has 2 rings (SSSR count). The number of carbonyl (C=O) groups is 1. The van der Waals surface area contributed by atoms with Gasteiger partial charge in [0.1, 0.15) is 0 Å². The summed E-state index contributed by atoms with van der Waals surface area (Å²) in [5.74, 6) is -0.121. The monoisotopic (exact) mass is 266 g/mol. The first-order chi connectivity index (χ1) is 8.70. The summed E-state index contributed by atoms with van der Waals surface area (Å²) in [5.41, 5.74) is 1.96. The van der Waals surface area contributed by atoms with Gasteiger partial charge in [-0.3, -0.25) is 4.79 Å². The second-order valence-corrected chi connectivity index (χ2v) is 4.58. The highest BCUT2D eigenvalue weighted by molar-refractivity contribution is 6.29. The fourth-order valence-corrected chi connectivity index (χ4v) is 2.13. The van der Waals surface area contributed by atoms with Crippen molar-refractivity contribution in [1.29, 1.82) is 0 Å². The van der Waals surface area contributed by atoms with Gasteiger partial charge < -0.3 is 4.74 Å². The first-order valence-electron chi connectivity index (χ1n) is 6.06. The molecule has 0 bridgehead atoms. The topological polar surface area (TPSA) is 52.1 Å². The fourth-order valence-electron chi connectivity index (χ4n) is 2.03. The summed E-state index contributed by atoms with van der Waals surface area (Å²) in [5, 5.41) is 8.25. The molecule has 1 aliphatic rings. The van der Waals surface area contributed by atoms with Crippen LogP contribution >= 0.6 is 11.6 Å². The highest BCUT2D eigenvalue weighted by Crippen LogP contribution is 2.29. The van der Waals surface area contributed by atoms with Gasteiger partial charge in [0, 0.05) is 0 Å². The second-order valence-electron chi connectivity index (χ2n) is 4.19. The molecule has 0 amide bonds. The van der Waals surface area contributed by atoms with Gasteiger partial charge in [-0.1, -0.05) is 17.7 Å². The molecule has 4 nitrogen and oxygen atoms in total. The third kappa shape index (κ3) is 3.07. The molecule has 96 valence electrons. The number of allylic oxidation sites excluding steroid dienone is 2. The quantitative estimate of drug-likeness (QED) is 0.790. The maximum Gasteiger partial charge on any atom is 0.309 e. The Bertz CT molecular complexity index is 457. The SMILES string of the molecule is CCOC(=O)C1CC=C(c2ccc(Cl)nn2)CC1. The van der Waals surface area contributed by atoms with Crippen LogP contribution in [0.2, 0.25) is 5.15 Å². The number of aromatic nitrogens is 2. The normalized spacial score (nSPS) is 19.2. The van der Waals surface area contributed by atoms with Gasteiger partial charge in [-0.15, -0.1) is 10.2 Å². The molecule has 0 radical (unpaired) electrons. The minimum Gasteiger partial charge on any atom is -0.466 e. The van der Waals surface area contributed by atoms with Crippen LogP contribution in [0.15, 0.2) is 18.2 Å². The van der Waals surface area contributed by atoms with E-state index >= 15 is 0 Å². The van der Waals surface area contributed by atoms with Crippen LogP contribution in [0.3, 0.4) is 0 Å². The van der Waals surface area contributed by atoms with Crippen molar-refractivity contribution in [1.82, 2.24) is 10.2 Å². The van der Waals surface area contributed by atoms with E-state index in [0.717, 1.165) is 24.1 Å². The van der Waals surface area contributed by atoms with Gasteiger partial charge in [-0.25, -0.2) is 0 Å². The van der Waals surface area contributed by atoms with Crippen LogP contribution in [0.5, 0.6) is 0 Å². The number of halogens is 1. The average Bonchev–Trinajstić information content (AvgIpc) is 2.40. The van der Waals surface area contributed by atoms with E-state index in [2.05, 4.69) is 10.2 Å². The molecule has 0 saturated carbocycles. The van der Waals surface area contributed by atoms with Crippen molar-refractivity contribution in [2.24, 2.45) is 5.92 Å². The van der Waals surface area contributed by atoms with Crippen molar-refractivity contribution in [3.63, 3.8) is 0 Å². The molecule has 1 aromatic rings. The smallest absolute Gasteiger partial charge is 0.309 e. The van der Waals surface area contributed by atoms with Gasteiger partial charge in [0.2, 0.25) is 0 Å². The summed E-state index contributed by atoms with van der Waals surface area (Å²) >= 11 is 5.70. The zero-order chi connectivity index (χ0) is 13.0. The Morgan fingerprint density at radius 3 is 2.89 bits per heavy atom. The second kappa shape index (κ2) is 5.96. The van der Waals surface area contributed by atoms with E-state index in [-0.39, 0.29) is 11.9 Å². The summed E-state index contributed by atoms with van der Waals surface area (Å²) in [6.07, 6.45) is 4.37. The van der Waals surface area contributed by atoms with E-state index in [9.17, 15) is 4.79 Å². The summed E-state index contributed by atoms with van der Waals surface area (Å²) < 4.78 is 5.02. The number of ether oxygens (including phenoxy) is 1. The van der Waals surface area contributed by atoms with Crippen LogP contribution in [0.4, 0.5) is 0 Å². The predicted octanol–water partition coefficient (Wildman–Crippen LogP) is 2.88. The molecule has 0 aromatic carbocycles. The molecule has 1 aliphatic carbocycles. The Morgan fingerprint density at radius 2 is 2.33 bits per heavy atom. The van der Waals surface area contributed by atoms with E-state index < -0.39 is 0 Å². The lowest BCUT2D eigenvalue weighted by molar-refractivity contribution is -0.148. The van der Waals surface area contributed by atoms with Gasteiger partial charge in [0.25, 0.3) is 0 Å². The number of esters is 1. The van der Waals surface area contributed by atoms with Crippen LogP contribution in [0, 0.1) is 5.92 Å². The van der Waals surface area contributed by atoms with Gasteiger partial charge in [-0.05, 0) is 43.9 Å². The molecule has 0 spiro atoms. The first-order valence-corrected chi connectivity index (χ1v) is 6.43. The van der Waals surface area contributed by atoms with Gasteiger partial charge in [0.05, 0.1) is 18.2 Å². The van der Waals surface area contributed by atoms with E-state index in [1.54, 1.807) is 6.07 Å². The summed E-state index contributed by atoms with van der Waals surface area (Å²) in [4.78, 5) is 11.6. The molecular formula is C13H15ClN2O2. The van der Waals surface area contributed by atoms with Gasteiger partial charge in [0.15, 0.2) is 5.15 Å². The van der Waals surface area contributed by atoms with Crippen LogP contribution < -0.4 is 0 Å². The lowest BCUT2D eigenvalue weighted by Gasteiger charge is -2.19. The van der Waals surface area contributed by atoms with Crippen LogP contribution in [-0.2, 0) is 9.53 Å². The lowest BCUT2D eigenvalue weighted by atomic mass is 9.88.